The average molecular weight is 339 g/mol. The van der Waals surface area contributed by atoms with Gasteiger partial charge in [-0.15, -0.1) is 0 Å². The molecule has 1 aliphatic rings. The first-order chi connectivity index (χ1) is 11.4. The molecule has 2 aromatic carbocycles. The molecule has 6 heteroatoms. The molecule has 0 amide bonds. The van der Waals surface area contributed by atoms with Crippen LogP contribution in [0.3, 0.4) is 0 Å². The van der Waals surface area contributed by atoms with E-state index in [9.17, 15) is 17.6 Å². The van der Waals surface area contributed by atoms with Crippen molar-refractivity contribution in [2.24, 2.45) is 0 Å². The van der Waals surface area contributed by atoms with Gasteiger partial charge >= 0.3 is 6.18 Å². The van der Waals surface area contributed by atoms with Gasteiger partial charge in [0.25, 0.3) is 0 Å². The summed E-state index contributed by atoms with van der Waals surface area (Å²) in [4.78, 5) is 3.29. The van der Waals surface area contributed by atoms with Crippen molar-refractivity contribution in [1.82, 2.24) is 0 Å². The van der Waals surface area contributed by atoms with Crippen LogP contribution in [0.4, 0.5) is 23.2 Å². The Bertz CT molecular complexity index is 691. The lowest BCUT2D eigenvalue weighted by Gasteiger charge is -2.34. The van der Waals surface area contributed by atoms with Gasteiger partial charge in [-0.2, -0.15) is 13.2 Å². The Balaban J connectivity index is 1.61. The molecule has 3 rings (SSSR count). The molecule has 128 valence electrons. The molecule has 0 atom stereocenters. The zero-order valence-corrected chi connectivity index (χ0v) is 13.1. The second-order valence-electron chi connectivity index (χ2n) is 6.09. The summed E-state index contributed by atoms with van der Waals surface area (Å²) >= 11 is 0. The first kappa shape index (κ1) is 16.8. The van der Waals surface area contributed by atoms with Crippen molar-refractivity contribution >= 4 is 5.69 Å². The second kappa shape index (κ2) is 6.81. The normalized spacial score (nSPS) is 16.4. The van der Waals surface area contributed by atoms with Crippen molar-refractivity contribution in [3.63, 3.8) is 0 Å². The number of rotatable bonds is 3. The van der Waals surface area contributed by atoms with Gasteiger partial charge in [0.2, 0.25) is 0 Å². The Morgan fingerprint density at radius 2 is 1.67 bits per heavy atom. The molecule has 1 aliphatic heterocycles. The molecule has 0 aliphatic carbocycles. The van der Waals surface area contributed by atoms with Crippen LogP contribution in [-0.4, -0.2) is 26.2 Å². The summed E-state index contributed by atoms with van der Waals surface area (Å²) in [6.07, 6.45) is -4.32. The highest BCUT2D eigenvalue weighted by molar-refractivity contribution is 5.49. The van der Waals surface area contributed by atoms with E-state index in [0.29, 0.717) is 18.8 Å². The Morgan fingerprint density at radius 1 is 0.958 bits per heavy atom. The van der Waals surface area contributed by atoms with Gasteiger partial charge in [-0.25, -0.2) is 4.39 Å². The van der Waals surface area contributed by atoms with Crippen LogP contribution < -0.4 is 9.80 Å². The van der Waals surface area contributed by atoms with Gasteiger partial charge in [0, 0.05) is 11.3 Å². The largest absolute Gasteiger partial charge is 0.416 e. The topological polar surface area (TPSA) is 7.68 Å². The first-order valence-corrected chi connectivity index (χ1v) is 7.92. The van der Waals surface area contributed by atoms with Crippen molar-refractivity contribution in [2.45, 2.75) is 12.7 Å². The van der Waals surface area contributed by atoms with Crippen LogP contribution in [0.25, 0.3) is 0 Å². The van der Waals surface area contributed by atoms with E-state index >= 15 is 0 Å². The zero-order chi connectivity index (χ0) is 17.2. The SMILES string of the molecule is Fc1cccc(C[NH+]2CCN(c3cccc(C(F)(F)F)c3)CC2)c1. The third-order valence-electron chi connectivity index (χ3n) is 4.35. The lowest BCUT2D eigenvalue weighted by molar-refractivity contribution is -0.914. The molecule has 1 fully saturated rings. The molecular formula is C18H19F4N2+. The summed E-state index contributed by atoms with van der Waals surface area (Å²) in [5.41, 5.74) is 0.932. The molecule has 0 aromatic heterocycles. The predicted molar refractivity (Wildman–Crippen MR) is 84.5 cm³/mol. The lowest BCUT2D eigenvalue weighted by Crippen LogP contribution is -3.13. The maximum absolute atomic E-state index is 13.2. The fourth-order valence-electron chi connectivity index (χ4n) is 3.07. The van der Waals surface area contributed by atoms with Crippen molar-refractivity contribution < 1.29 is 22.5 Å². The smallest absolute Gasteiger partial charge is 0.360 e. The van der Waals surface area contributed by atoms with Gasteiger partial charge in [0.05, 0.1) is 31.7 Å². The van der Waals surface area contributed by atoms with Crippen LogP contribution in [0.1, 0.15) is 11.1 Å². The van der Waals surface area contributed by atoms with Gasteiger partial charge in [-0.1, -0.05) is 18.2 Å². The minimum absolute atomic E-state index is 0.241. The number of piperazine rings is 1. The summed E-state index contributed by atoms with van der Waals surface area (Å²) in [6.45, 7) is 3.73. The van der Waals surface area contributed by atoms with E-state index in [0.717, 1.165) is 31.3 Å². The van der Waals surface area contributed by atoms with Gasteiger partial charge in [0.15, 0.2) is 0 Å². The summed E-state index contributed by atoms with van der Waals surface area (Å²) in [7, 11) is 0. The Labute approximate surface area is 138 Å². The second-order valence-corrected chi connectivity index (χ2v) is 6.09. The van der Waals surface area contributed by atoms with E-state index in [1.165, 1.54) is 29.2 Å². The molecular weight excluding hydrogens is 320 g/mol. The molecule has 1 saturated heterocycles. The van der Waals surface area contributed by atoms with E-state index in [1.807, 2.05) is 11.0 Å². The van der Waals surface area contributed by atoms with Crippen LogP contribution in [-0.2, 0) is 12.7 Å². The molecule has 1 heterocycles. The molecule has 1 N–H and O–H groups in total. The lowest BCUT2D eigenvalue weighted by atomic mass is 10.1. The molecule has 24 heavy (non-hydrogen) atoms. The Kier molecular flexibility index (Phi) is 4.76. The van der Waals surface area contributed by atoms with Crippen LogP contribution in [0.15, 0.2) is 48.5 Å². The number of alkyl halides is 3. The molecule has 0 spiro atoms. The summed E-state index contributed by atoms with van der Waals surface area (Å²) in [6, 6.07) is 12.0. The van der Waals surface area contributed by atoms with Gasteiger partial charge in [-0.05, 0) is 30.3 Å². The number of nitrogens with one attached hydrogen (secondary N) is 1. The van der Waals surface area contributed by atoms with Gasteiger partial charge in [-0.3, -0.25) is 0 Å². The zero-order valence-electron chi connectivity index (χ0n) is 13.1. The standard InChI is InChI=1S/C18H18F4N2/c19-16-5-1-3-14(11-16)13-23-7-9-24(10-8-23)17-6-2-4-15(12-17)18(20,21)22/h1-6,11-12H,7-10,13H2/p+1. The van der Waals surface area contributed by atoms with Crippen LogP contribution in [0, 0.1) is 5.82 Å². The number of nitrogens with zero attached hydrogens (tertiary/aromatic N) is 1. The molecule has 0 unspecified atom stereocenters. The minimum Gasteiger partial charge on any atom is -0.360 e. The average Bonchev–Trinajstić information content (AvgIpc) is 2.55. The van der Waals surface area contributed by atoms with Crippen molar-refractivity contribution in [3.8, 4) is 0 Å². The van der Waals surface area contributed by atoms with Gasteiger partial charge < -0.3 is 9.80 Å². The first-order valence-electron chi connectivity index (χ1n) is 7.92. The number of halogens is 4. The summed E-state index contributed by atoms with van der Waals surface area (Å²) in [5, 5.41) is 0. The summed E-state index contributed by atoms with van der Waals surface area (Å²) < 4.78 is 51.7. The number of hydrogen-bond donors (Lipinski definition) is 1. The van der Waals surface area contributed by atoms with Crippen molar-refractivity contribution in [1.29, 1.82) is 0 Å². The van der Waals surface area contributed by atoms with E-state index in [1.54, 1.807) is 12.1 Å². The third kappa shape index (κ3) is 4.06. The Hall–Kier alpha value is -2.08. The van der Waals surface area contributed by atoms with Crippen LogP contribution in [0.2, 0.25) is 0 Å². The van der Waals surface area contributed by atoms with Gasteiger partial charge in [0.1, 0.15) is 12.4 Å². The van der Waals surface area contributed by atoms with Crippen LogP contribution in [0.5, 0.6) is 0 Å². The molecule has 0 bridgehead atoms. The third-order valence-corrected chi connectivity index (χ3v) is 4.35. The van der Waals surface area contributed by atoms with Crippen molar-refractivity contribution in [3.05, 3.63) is 65.5 Å². The molecule has 2 aromatic rings. The quantitative estimate of drug-likeness (QED) is 0.845. The molecule has 0 radical (unpaired) electrons. The van der Waals surface area contributed by atoms with Crippen molar-refractivity contribution in [2.75, 3.05) is 31.1 Å². The Morgan fingerprint density at radius 3 is 2.33 bits per heavy atom. The van der Waals surface area contributed by atoms with E-state index < -0.39 is 11.7 Å². The van der Waals surface area contributed by atoms with E-state index in [-0.39, 0.29) is 5.82 Å². The van der Waals surface area contributed by atoms with Crippen LogP contribution >= 0.6 is 0 Å². The monoisotopic (exact) mass is 339 g/mol. The number of benzene rings is 2. The maximum Gasteiger partial charge on any atom is 0.416 e. The highest BCUT2D eigenvalue weighted by Crippen LogP contribution is 2.31. The highest BCUT2D eigenvalue weighted by Gasteiger charge is 2.31. The molecule has 2 nitrogen and oxygen atoms in total. The summed E-state index contributed by atoms with van der Waals surface area (Å²) in [5.74, 6) is -0.241. The minimum atomic E-state index is -4.32. The fraction of sp³-hybridized carbons (Fsp3) is 0.333. The number of quaternary nitrogens is 1. The molecule has 0 saturated carbocycles. The number of anilines is 1. The van der Waals surface area contributed by atoms with E-state index in [2.05, 4.69) is 0 Å². The maximum atomic E-state index is 13.2. The number of hydrogen-bond acceptors (Lipinski definition) is 1. The van der Waals surface area contributed by atoms with E-state index in [4.69, 9.17) is 0 Å². The highest BCUT2D eigenvalue weighted by atomic mass is 19.4. The fourth-order valence-corrected chi connectivity index (χ4v) is 3.07. The predicted octanol–water partition coefficient (Wildman–Crippen LogP) is 2.75.